The Morgan fingerprint density at radius 2 is 1.67 bits per heavy atom. The summed E-state index contributed by atoms with van der Waals surface area (Å²) < 4.78 is 11.4. The number of esters is 1. The Kier molecular flexibility index (Phi) is 8.81. The molecule has 0 amide bonds. The molecule has 6 heteroatoms. The van der Waals surface area contributed by atoms with Gasteiger partial charge >= 0.3 is 5.97 Å². The maximum Gasteiger partial charge on any atom is 0.340 e. The quantitative estimate of drug-likeness (QED) is 0.230. The summed E-state index contributed by atoms with van der Waals surface area (Å²) in [4.78, 5) is 15.7. The average Bonchev–Trinajstić information content (AvgIpc) is 3.17. The van der Waals surface area contributed by atoms with Gasteiger partial charge in [-0.1, -0.05) is 49.4 Å². The van der Waals surface area contributed by atoms with Crippen LogP contribution >= 0.6 is 11.6 Å². The lowest BCUT2D eigenvalue weighted by atomic mass is 10.0. The van der Waals surface area contributed by atoms with Crippen LogP contribution in [0.4, 0.5) is 0 Å². The highest BCUT2D eigenvalue weighted by atomic mass is 35.5. The lowest BCUT2D eigenvalue weighted by Crippen LogP contribution is -2.23. The van der Waals surface area contributed by atoms with E-state index in [1.807, 2.05) is 57.2 Å². The third-order valence-corrected chi connectivity index (χ3v) is 5.69. The summed E-state index contributed by atoms with van der Waals surface area (Å²) >= 11 is 6.56. The number of ether oxygens (including phenoxy) is 2. The Bertz CT molecular complexity index is 1050. The highest BCUT2D eigenvalue weighted by Gasteiger charge is 2.21. The molecule has 0 fully saturated rings. The molecule has 3 rings (SSSR count). The van der Waals surface area contributed by atoms with Crippen molar-refractivity contribution in [3.05, 3.63) is 53.2 Å². The van der Waals surface area contributed by atoms with Gasteiger partial charge in [0.25, 0.3) is 0 Å². The fraction of sp³-hybridized carbons (Fsp3) is 0.444. The molecule has 0 bridgehead atoms. The van der Waals surface area contributed by atoms with Crippen molar-refractivity contribution in [2.24, 2.45) is 0 Å². The predicted molar refractivity (Wildman–Crippen MR) is 134 cm³/mol. The molecule has 5 nitrogen and oxygen atoms in total. The van der Waals surface area contributed by atoms with Crippen molar-refractivity contribution in [1.82, 2.24) is 4.98 Å². The molecule has 0 atom stereocenters. The highest BCUT2D eigenvalue weighted by Crippen LogP contribution is 2.34. The molecule has 0 aliphatic carbocycles. The molecular formula is C27H34ClNO4. The van der Waals surface area contributed by atoms with Gasteiger partial charge in [-0.15, -0.1) is 0 Å². The third-order valence-electron chi connectivity index (χ3n) is 5.37. The van der Waals surface area contributed by atoms with Crippen molar-refractivity contribution in [2.45, 2.75) is 64.9 Å². The summed E-state index contributed by atoms with van der Waals surface area (Å²) in [6.45, 7) is 6.53. The summed E-state index contributed by atoms with van der Waals surface area (Å²) in [5.74, 6) is 0.464. The number of halogens is 1. The number of hydrogen-bond acceptors (Lipinski definition) is 4. The van der Waals surface area contributed by atoms with Crippen LogP contribution in [0.15, 0.2) is 42.6 Å². The molecule has 2 N–H and O–H groups in total. The van der Waals surface area contributed by atoms with E-state index in [4.69, 9.17) is 26.2 Å². The molecule has 0 unspecified atom stereocenters. The topological polar surface area (TPSA) is 71.6 Å². The number of aliphatic hydroxyl groups is 1. The summed E-state index contributed by atoms with van der Waals surface area (Å²) in [6.07, 6.45) is 8.15. The molecule has 0 saturated carbocycles. The van der Waals surface area contributed by atoms with Crippen LogP contribution in [0.3, 0.4) is 0 Å². The minimum Gasteiger partial charge on any atom is -0.494 e. The molecule has 33 heavy (non-hydrogen) atoms. The zero-order valence-corrected chi connectivity index (χ0v) is 20.5. The summed E-state index contributed by atoms with van der Waals surface area (Å²) in [6, 6.07) is 11.6. The van der Waals surface area contributed by atoms with Gasteiger partial charge in [-0.05, 0) is 63.4 Å². The van der Waals surface area contributed by atoms with Crippen molar-refractivity contribution < 1.29 is 19.4 Å². The number of aromatic nitrogens is 1. The number of hydrogen-bond donors (Lipinski definition) is 2. The first kappa shape index (κ1) is 25.1. The van der Waals surface area contributed by atoms with Crippen LogP contribution in [0.1, 0.15) is 69.7 Å². The number of unbranched alkanes of at least 4 members (excludes halogenated alkanes) is 5. The molecule has 1 aromatic heterocycles. The van der Waals surface area contributed by atoms with E-state index in [0.29, 0.717) is 17.2 Å². The van der Waals surface area contributed by atoms with Crippen molar-refractivity contribution in [2.75, 3.05) is 13.2 Å². The summed E-state index contributed by atoms with van der Waals surface area (Å²) in [5, 5.41) is 10.2. The largest absolute Gasteiger partial charge is 0.494 e. The minimum atomic E-state index is -0.564. The first-order valence-corrected chi connectivity index (χ1v) is 12.0. The highest BCUT2D eigenvalue weighted by molar-refractivity contribution is 6.34. The number of rotatable bonds is 11. The molecule has 0 aliphatic heterocycles. The van der Waals surface area contributed by atoms with Crippen molar-refractivity contribution in [3.8, 4) is 16.9 Å². The molecule has 178 valence electrons. The lowest BCUT2D eigenvalue weighted by molar-refractivity contribution is 0.00719. The van der Waals surface area contributed by atoms with Gasteiger partial charge in [0.15, 0.2) is 0 Å². The number of aliphatic hydroxyl groups excluding tert-OH is 1. The maximum atomic E-state index is 12.6. The van der Waals surface area contributed by atoms with Gasteiger partial charge in [-0.25, -0.2) is 4.79 Å². The predicted octanol–water partition coefficient (Wildman–Crippen LogP) is 7.16. The van der Waals surface area contributed by atoms with Gasteiger partial charge in [-0.3, -0.25) is 0 Å². The normalized spacial score (nSPS) is 11.7. The number of carbonyl (C=O) groups is 1. The van der Waals surface area contributed by atoms with Gasteiger partial charge in [0.1, 0.15) is 11.4 Å². The smallest absolute Gasteiger partial charge is 0.340 e. The number of benzene rings is 2. The van der Waals surface area contributed by atoms with Gasteiger partial charge in [0.2, 0.25) is 0 Å². The van der Waals surface area contributed by atoms with Gasteiger partial charge in [0, 0.05) is 29.3 Å². The van der Waals surface area contributed by atoms with Crippen LogP contribution in [0.2, 0.25) is 5.02 Å². The Morgan fingerprint density at radius 1 is 1.00 bits per heavy atom. The molecule has 0 aliphatic rings. The molecular weight excluding hydrogens is 438 g/mol. The lowest BCUT2D eigenvalue weighted by Gasteiger charge is -2.19. The Hall–Kier alpha value is -2.50. The summed E-state index contributed by atoms with van der Waals surface area (Å²) in [7, 11) is 0. The first-order valence-electron chi connectivity index (χ1n) is 11.7. The summed E-state index contributed by atoms with van der Waals surface area (Å²) in [5.41, 5.74) is 2.53. The van der Waals surface area contributed by atoms with Gasteiger partial charge < -0.3 is 19.6 Å². The number of H-pyrrole nitrogens is 1. The number of aromatic amines is 1. The van der Waals surface area contributed by atoms with E-state index in [1.54, 1.807) is 6.20 Å². The second-order valence-electron chi connectivity index (χ2n) is 9.30. The molecule has 3 aromatic rings. The van der Waals surface area contributed by atoms with Crippen LogP contribution in [0, 0.1) is 0 Å². The van der Waals surface area contributed by atoms with Crippen LogP contribution in [0.25, 0.3) is 22.0 Å². The second-order valence-corrected chi connectivity index (χ2v) is 9.71. The Balaban J connectivity index is 1.64. The van der Waals surface area contributed by atoms with E-state index in [9.17, 15) is 4.79 Å². The van der Waals surface area contributed by atoms with E-state index in [-0.39, 0.29) is 12.6 Å². The molecule has 1 heterocycles. The monoisotopic (exact) mass is 471 g/mol. The van der Waals surface area contributed by atoms with Gasteiger partial charge in [0.05, 0.1) is 17.2 Å². The molecule has 0 spiro atoms. The number of nitrogens with one attached hydrogen (secondary N) is 1. The van der Waals surface area contributed by atoms with Crippen LogP contribution in [-0.4, -0.2) is 34.9 Å². The number of carbonyl (C=O) groups excluding carboxylic acids is 1. The third kappa shape index (κ3) is 7.24. The van der Waals surface area contributed by atoms with Crippen molar-refractivity contribution >= 4 is 28.5 Å². The Labute approximate surface area is 201 Å². The second kappa shape index (κ2) is 11.6. The van der Waals surface area contributed by atoms with E-state index in [0.717, 1.165) is 59.9 Å². The maximum absolute atomic E-state index is 12.6. The number of fused-ring (bicyclic) bond motifs is 1. The van der Waals surface area contributed by atoms with Crippen LogP contribution < -0.4 is 4.74 Å². The minimum absolute atomic E-state index is 0.286. The average molecular weight is 472 g/mol. The van der Waals surface area contributed by atoms with Crippen LogP contribution in [0.5, 0.6) is 5.75 Å². The zero-order chi connectivity index (χ0) is 23.8. The molecule has 2 aromatic carbocycles. The fourth-order valence-electron chi connectivity index (χ4n) is 3.71. The van der Waals surface area contributed by atoms with Crippen molar-refractivity contribution in [3.63, 3.8) is 0 Å². The van der Waals surface area contributed by atoms with Crippen molar-refractivity contribution in [1.29, 1.82) is 0 Å². The standard InChI is InChI=1S/C27H34ClNO4/c1-27(2,3)33-26(31)23-18-29-25-17-24(28)21(16-22(23)25)19-10-12-20(13-11-19)32-15-9-7-5-4-6-8-14-30/h10-13,16-18,29-30H,4-9,14-15H2,1-3H3. The van der Waals surface area contributed by atoms with E-state index in [2.05, 4.69) is 4.98 Å². The van der Waals surface area contributed by atoms with E-state index in [1.165, 1.54) is 6.42 Å². The zero-order valence-electron chi connectivity index (χ0n) is 19.7. The van der Waals surface area contributed by atoms with E-state index >= 15 is 0 Å². The molecule has 0 saturated heterocycles. The Morgan fingerprint density at radius 3 is 2.33 bits per heavy atom. The van der Waals surface area contributed by atoms with Crippen LogP contribution in [-0.2, 0) is 4.74 Å². The fourth-order valence-corrected chi connectivity index (χ4v) is 3.98. The van der Waals surface area contributed by atoms with E-state index < -0.39 is 5.60 Å². The first-order chi connectivity index (χ1) is 15.8. The molecule has 0 radical (unpaired) electrons. The van der Waals surface area contributed by atoms with Gasteiger partial charge in [-0.2, -0.15) is 0 Å². The SMILES string of the molecule is CC(C)(C)OC(=O)c1c[nH]c2cc(Cl)c(-c3ccc(OCCCCCCCCO)cc3)cc12.